The molecule has 1 aromatic carbocycles. The van der Waals surface area contributed by atoms with Gasteiger partial charge in [-0.3, -0.25) is 14.6 Å². The maximum Gasteiger partial charge on any atom is 0.255 e. The molecule has 154 valence electrons. The van der Waals surface area contributed by atoms with E-state index in [1.165, 1.54) is 0 Å². The summed E-state index contributed by atoms with van der Waals surface area (Å²) in [6.45, 7) is -0.718. The number of pyridine rings is 1. The van der Waals surface area contributed by atoms with Crippen molar-refractivity contribution in [2.75, 3.05) is 11.9 Å². The molecule has 1 aliphatic rings. The summed E-state index contributed by atoms with van der Waals surface area (Å²) in [5.41, 5.74) is 4.13. The van der Waals surface area contributed by atoms with Crippen molar-refractivity contribution in [2.24, 2.45) is 5.92 Å². The van der Waals surface area contributed by atoms with E-state index in [0.717, 1.165) is 11.3 Å². The largest absolute Gasteiger partial charge is 0.356 e. The minimum atomic E-state index is -2.63. The maximum atomic E-state index is 13.0. The molecule has 1 aliphatic carbocycles. The van der Waals surface area contributed by atoms with Crippen LogP contribution in [0.15, 0.2) is 54.9 Å². The van der Waals surface area contributed by atoms with Gasteiger partial charge in [0.25, 0.3) is 6.43 Å². The lowest BCUT2D eigenvalue weighted by Gasteiger charge is -2.21. The summed E-state index contributed by atoms with van der Waals surface area (Å²) in [4.78, 5) is 32.6. The number of fused-ring (bicyclic) bond motifs is 1. The first kappa shape index (κ1) is 19.8. The lowest BCUT2D eigenvalue weighted by atomic mass is 9.85. The molecule has 0 spiro atoms. The second kappa shape index (κ2) is 8.44. The molecule has 1 atom stereocenters. The van der Waals surface area contributed by atoms with Crippen molar-refractivity contribution in [3.63, 3.8) is 0 Å². The number of aromatic amines is 1. The van der Waals surface area contributed by atoms with Gasteiger partial charge in [0.15, 0.2) is 5.78 Å². The Labute approximate surface area is 171 Å². The van der Waals surface area contributed by atoms with Gasteiger partial charge < -0.3 is 15.6 Å². The van der Waals surface area contributed by atoms with Crippen molar-refractivity contribution in [1.29, 1.82) is 0 Å². The number of alkyl halides is 2. The van der Waals surface area contributed by atoms with Crippen LogP contribution in [0.2, 0.25) is 0 Å². The highest BCUT2D eigenvalue weighted by atomic mass is 19.3. The molecule has 8 heteroatoms. The summed E-state index contributed by atoms with van der Waals surface area (Å²) in [6, 6.07) is 13.1. The van der Waals surface area contributed by atoms with Gasteiger partial charge in [0.2, 0.25) is 5.91 Å². The molecule has 30 heavy (non-hydrogen) atoms. The molecule has 6 nitrogen and oxygen atoms in total. The SMILES string of the molecule is O=C1CC(C(=O)NCC(F)F)Cc2[nH]c(-c3ccncc3)c(Nc3ccccc3)c21. The average molecular weight is 410 g/mol. The number of benzene rings is 1. The minimum Gasteiger partial charge on any atom is -0.356 e. The van der Waals surface area contributed by atoms with E-state index < -0.39 is 24.8 Å². The van der Waals surface area contributed by atoms with Crippen LogP contribution in [0, 0.1) is 5.92 Å². The maximum absolute atomic E-state index is 13.0. The number of carbonyl (C=O) groups is 2. The van der Waals surface area contributed by atoms with Crippen LogP contribution in [-0.2, 0) is 11.2 Å². The second-order valence-corrected chi connectivity index (χ2v) is 7.12. The van der Waals surface area contributed by atoms with Crippen molar-refractivity contribution >= 4 is 23.1 Å². The summed E-state index contributed by atoms with van der Waals surface area (Å²) in [5.74, 6) is -1.42. The van der Waals surface area contributed by atoms with Gasteiger partial charge in [0.05, 0.1) is 29.4 Å². The van der Waals surface area contributed by atoms with Crippen LogP contribution in [-0.4, -0.2) is 34.6 Å². The number of rotatable bonds is 6. The Kier molecular flexibility index (Phi) is 5.56. The monoisotopic (exact) mass is 410 g/mol. The molecule has 3 aromatic rings. The van der Waals surface area contributed by atoms with Crippen molar-refractivity contribution in [2.45, 2.75) is 19.3 Å². The number of H-pyrrole nitrogens is 1. The first-order chi connectivity index (χ1) is 14.5. The van der Waals surface area contributed by atoms with E-state index in [-0.39, 0.29) is 18.6 Å². The number of anilines is 2. The van der Waals surface area contributed by atoms with Gasteiger partial charge in [-0.1, -0.05) is 18.2 Å². The zero-order chi connectivity index (χ0) is 21.1. The molecule has 2 heterocycles. The Morgan fingerprint density at radius 3 is 2.57 bits per heavy atom. The third-order valence-corrected chi connectivity index (χ3v) is 5.05. The molecule has 1 unspecified atom stereocenters. The highest BCUT2D eigenvalue weighted by Gasteiger charge is 2.35. The molecule has 0 fully saturated rings. The smallest absolute Gasteiger partial charge is 0.255 e. The van der Waals surface area contributed by atoms with Gasteiger partial charge >= 0.3 is 0 Å². The molecule has 0 aliphatic heterocycles. The summed E-state index contributed by atoms with van der Waals surface area (Å²) in [7, 11) is 0. The van der Waals surface area contributed by atoms with Crippen molar-refractivity contribution < 1.29 is 18.4 Å². The fraction of sp³-hybridized carbons (Fsp3) is 0.227. The van der Waals surface area contributed by atoms with Crippen molar-refractivity contribution in [3.05, 3.63) is 66.1 Å². The number of nitrogens with zero attached hydrogens (tertiary/aromatic N) is 1. The van der Waals surface area contributed by atoms with Crippen molar-refractivity contribution in [3.8, 4) is 11.3 Å². The summed E-state index contributed by atoms with van der Waals surface area (Å²) < 4.78 is 24.9. The Morgan fingerprint density at radius 1 is 1.13 bits per heavy atom. The average Bonchev–Trinajstić information content (AvgIpc) is 3.12. The Bertz CT molecular complexity index is 1050. The van der Waals surface area contributed by atoms with Gasteiger partial charge in [-0.05, 0) is 24.3 Å². The third kappa shape index (κ3) is 4.07. The highest BCUT2D eigenvalue weighted by molar-refractivity contribution is 6.09. The number of amides is 1. The summed E-state index contributed by atoms with van der Waals surface area (Å²) in [6.07, 6.45) is 0.923. The van der Waals surface area contributed by atoms with E-state index >= 15 is 0 Å². The minimum absolute atomic E-state index is 0.0286. The van der Waals surface area contributed by atoms with E-state index in [2.05, 4.69) is 20.6 Å². The molecule has 0 bridgehead atoms. The van der Waals surface area contributed by atoms with E-state index in [1.54, 1.807) is 12.4 Å². The highest BCUT2D eigenvalue weighted by Crippen LogP contribution is 2.39. The Hall–Kier alpha value is -3.55. The summed E-state index contributed by atoms with van der Waals surface area (Å²) in [5, 5.41) is 5.54. The zero-order valence-electron chi connectivity index (χ0n) is 16.0. The Balaban J connectivity index is 1.71. The fourth-order valence-corrected chi connectivity index (χ4v) is 3.69. The quantitative estimate of drug-likeness (QED) is 0.574. The zero-order valence-corrected chi connectivity index (χ0v) is 16.0. The number of para-hydroxylation sites is 1. The van der Waals surface area contributed by atoms with E-state index in [1.807, 2.05) is 42.5 Å². The second-order valence-electron chi connectivity index (χ2n) is 7.12. The number of hydrogen-bond donors (Lipinski definition) is 3. The topological polar surface area (TPSA) is 86.9 Å². The number of nitrogens with one attached hydrogen (secondary N) is 3. The van der Waals surface area contributed by atoms with Crippen LogP contribution in [0.4, 0.5) is 20.2 Å². The number of halogens is 2. The molecule has 0 saturated heterocycles. The molecule has 4 rings (SSSR count). The van der Waals surface area contributed by atoms with Gasteiger partial charge in [-0.2, -0.15) is 0 Å². The number of aromatic nitrogens is 2. The molecule has 2 aromatic heterocycles. The van der Waals surface area contributed by atoms with Crippen LogP contribution >= 0.6 is 0 Å². The van der Waals surface area contributed by atoms with Crippen molar-refractivity contribution in [1.82, 2.24) is 15.3 Å². The van der Waals surface area contributed by atoms with Crippen LogP contribution < -0.4 is 10.6 Å². The predicted octanol–water partition coefficient (Wildman–Crippen LogP) is 3.95. The van der Waals surface area contributed by atoms with E-state index in [9.17, 15) is 18.4 Å². The molecule has 0 saturated carbocycles. The van der Waals surface area contributed by atoms with Gasteiger partial charge in [-0.25, -0.2) is 8.78 Å². The molecular weight excluding hydrogens is 390 g/mol. The lowest BCUT2D eigenvalue weighted by molar-refractivity contribution is -0.125. The standard InChI is InChI=1S/C22H20F2N4O2/c23-18(24)12-26-22(30)14-10-16-19(17(29)11-14)21(27-15-4-2-1-3-5-15)20(28-16)13-6-8-25-9-7-13/h1-9,14,18,27-28H,10-12H2,(H,26,30). The molecule has 3 N–H and O–H groups in total. The van der Waals surface area contributed by atoms with E-state index in [4.69, 9.17) is 0 Å². The van der Waals surface area contributed by atoms with E-state index in [0.29, 0.717) is 22.6 Å². The predicted molar refractivity (Wildman–Crippen MR) is 109 cm³/mol. The fourth-order valence-electron chi connectivity index (χ4n) is 3.69. The molecule has 1 amide bonds. The first-order valence-electron chi connectivity index (χ1n) is 9.59. The third-order valence-electron chi connectivity index (χ3n) is 5.05. The van der Waals surface area contributed by atoms with Crippen LogP contribution in [0.3, 0.4) is 0 Å². The van der Waals surface area contributed by atoms with Crippen LogP contribution in [0.5, 0.6) is 0 Å². The Morgan fingerprint density at radius 2 is 1.87 bits per heavy atom. The lowest BCUT2D eigenvalue weighted by Crippen LogP contribution is -2.38. The normalized spacial score (nSPS) is 15.7. The molecule has 0 radical (unpaired) electrons. The number of hydrogen-bond acceptors (Lipinski definition) is 4. The number of Topliss-reactive ketones (excluding diaryl/α,β-unsaturated/α-hetero) is 1. The molecular formula is C22H20F2N4O2. The van der Waals surface area contributed by atoms with Crippen LogP contribution in [0.25, 0.3) is 11.3 Å². The number of carbonyl (C=O) groups excluding carboxylic acids is 2. The van der Waals surface area contributed by atoms with Gasteiger partial charge in [0, 0.05) is 42.2 Å². The number of ketones is 1. The van der Waals surface area contributed by atoms with Gasteiger partial charge in [0.1, 0.15) is 0 Å². The van der Waals surface area contributed by atoms with Crippen LogP contribution in [0.1, 0.15) is 22.5 Å². The first-order valence-corrected chi connectivity index (χ1v) is 9.59. The summed E-state index contributed by atoms with van der Waals surface area (Å²) >= 11 is 0. The van der Waals surface area contributed by atoms with Gasteiger partial charge in [-0.15, -0.1) is 0 Å².